The predicted molar refractivity (Wildman–Crippen MR) is 80.3 cm³/mol. The molecule has 1 saturated carbocycles. The summed E-state index contributed by atoms with van der Waals surface area (Å²) in [6.07, 6.45) is 6.12. The molecule has 1 N–H and O–H groups in total. The Kier molecular flexibility index (Phi) is 4.91. The van der Waals surface area contributed by atoms with E-state index in [2.05, 4.69) is 37.7 Å². The fraction of sp³-hybridized carbons (Fsp3) is 1.00. The first-order valence-corrected chi connectivity index (χ1v) is 7.97. The normalized spacial score (nSPS) is 36.6. The number of hydrogen-bond donors (Lipinski definition) is 1. The number of hydrogen-bond acceptors (Lipinski definition) is 3. The molecule has 2 rings (SSSR count). The molecule has 0 radical (unpaired) electrons. The zero-order valence-corrected chi connectivity index (χ0v) is 13.2. The van der Waals surface area contributed by atoms with Gasteiger partial charge in [0.1, 0.15) is 0 Å². The van der Waals surface area contributed by atoms with E-state index in [0.29, 0.717) is 12.0 Å². The Morgan fingerprint density at radius 3 is 2.68 bits per heavy atom. The number of likely N-dealkylation sites (tertiary alicyclic amines) is 1. The molecule has 0 bridgehead atoms. The van der Waals surface area contributed by atoms with E-state index in [9.17, 15) is 5.11 Å². The van der Waals surface area contributed by atoms with Crippen molar-refractivity contribution < 1.29 is 5.11 Å². The molecule has 112 valence electrons. The molecule has 1 heterocycles. The molecule has 0 aromatic rings. The monoisotopic (exact) mass is 268 g/mol. The highest BCUT2D eigenvalue weighted by Crippen LogP contribution is 2.39. The van der Waals surface area contributed by atoms with Crippen LogP contribution in [0.5, 0.6) is 0 Å². The molecule has 0 aromatic heterocycles. The van der Waals surface area contributed by atoms with Gasteiger partial charge in [0.05, 0.1) is 6.10 Å². The third-order valence-corrected chi connectivity index (χ3v) is 5.39. The molecule has 1 saturated heterocycles. The van der Waals surface area contributed by atoms with E-state index in [0.717, 1.165) is 6.54 Å². The van der Waals surface area contributed by atoms with Gasteiger partial charge in [-0.1, -0.05) is 20.3 Å². The van der Waals surface area contributed by atoms with E-state index in [4.69, 9.17) is 0 Å². The molecule has 2 aliphatic rings. The molecular formula is C16H32N2O. The number of rotatable bonds is 3. The summed E-state index contributed by atoms with van der Waals surface area (Å²) in [5.74, 6) is 0.459. The highest BCUT2D eigenvalue weighted by molar-refractivity contribution is 4.90. The molecule has 0 amide bonds. The van der Waals surface area contributed by atoms with Crippen molar-refractivity contribution in [3.63, 3.8) is 0 Å². The van der Waals surface area contributed by atoms with Crippen molar-refractivity contribution in [3.8, 4) is 0 Å². The van der Waals surface area contributed by atoms with Gasteiger partial charge in [-0.25, -0.2) is 0 Å². The third kappa shape index (κ3) is 3.71. The molecule has 0 aromatic carbocycles. The summed E-state index contributed by atoms with van der Waals surface area (Å²) >= 11 is 0. The summed E-state index contributed by atoms with van der Waals surface area (Å²) in [6, 6.07) is 0.677. The van der Waals surface area contributed by atoms with Crippen molar-refractivity contribution in [3.05, 3.63) is 0 Å². The number of likely N-dealkylation sites (N-methyl/N-ethyl adjacent to an activating group) is 2. The van der Waals surface area contributed by atoms with Crippen LogP contribution in [0, 0.1) is 11.3 Å². The largest absolute Gasteiger partial charge is 0.392 e. The molecule has 3 atom stereocenters. The summed E-state index contributed by atoms with van der Waals surface area (Å²) in [4.78, 5) is 4.94. The van der Waals surface area contributed by atoms with E-state index in [1.165, 1.54) is 45.2 Å². The molecule has 2 fully saturated rings. The number of aliphatic hydroxyl groups is 1. The number of nitrogens with zero attached hydrogens (tertiary/aromatic N) is 2. The highest BCUT2D eigenvalue weighted by atomic mass is 16.3. The van der Waals surface area contributed by atoms with Crippen LogP contribution in [-0.2, 0) is 0 Å². The van der Waals surface area contributed by atoms with Crippen LogP contribution in [0.1, 0.15) is 46.0 Å². The minimum atomic E-state index is -0.134. The van der Waals surface area contributed by atoms with Crippen molar-refractivity contribution in [1.82, 2.24) is 9.80 Å². The second-order valence-electron chi connectivity index (χ2n) is 7.58. The molecular weight excluding hydrogens is 236 g/mol. The van der Waals surface area contributed by atoms with Crippen LogP contribution in [0.2, 0.25) is 0 Å². The van der Waals surface area contributed by atoms with Crippen LogP contribution in [-0.4, -0.2) is 60.8 Å². The minimum Gasteiger partial charge on any atom is -0.392 e. The van der Waals surface area contributed by atoms with Crippen LogP contribution in [0.25, 0.3) is 0 Å². The van der Waals surface area contributed by atoms with Crippen LogP contribution in [0.4, 0.5) is 0 Å². The summed E-state index contributed by atoms with van der Waals surface area (Å²) in [5, 5.41) is 10.6. The van der Waals surface area contributed by atoms with E-state index in [1.807, 2.05) is 0 Å². The van der Waals surface area contributed by atoms with Crippen molar-refractivity contribution in [2.75, 3.05) is 33.7 Å². The van der Waals surface area contributed by atoms with E-state index in [1.54, 1.807) is 0 Å². The van der Waals surface area contributed by atoms with Gasteiger partial charge >= 0.3 is 0 Å². The summed E-state index contributed by atoms with van der Waals surface area (Å²) < 4.78 is 0. The summed E-state index contributed by atoms with van der Waals surface area (Å²) in [5.41, 5.74) is 0.104. The Labute approximate surface area is 119 Å². The van der Waals surface area contributed by atoms with E-state index in [-0.39, 0.29) is 11.5 Å². The zero-order valence-electron chi connectivity index (χ0n) is 13.2. The minimum absolute atomic E-state index is 0.104. The van der Waals surface area contributed by atoms with Crippen molar-refractivity contribution in [2.45, 2.75) is 58.1 Å². The van der Waals surface area contributed by atoms with Crippen molar-refractivity contribution >= 4 is 0 Å². The lowest BCUT2D eigenvalue weighted by atomic mass is 9.69. The highest BCUT2D eigenvalue weighted by Gasteiger charge is 2.38. The fourth-order valence-electron chi connectivity index (χ4n) is 3.97. The molecule has 3 unspecified atom stereocenters. The predicted octanol–water partition coefficient (Wildman–Crippen LogP) is 2.20. The molecule has 3 nitrogen and oxygen atoms in total. The lowest BCUT2D eigenvalue weighted by molar-refractivity contribution is -0.0464. The van der Waals surface area contributed by atoms with Crippen molar-refractivity contribution in [2.24, 2.45) is 11.3 Å². The van der Waals surface area contributed by atoms with Gasteiger partial charge in [0.25, 0.3) is 0 Å². The van der Waals surface area contributed by atoms with Crippen LogP contribution in [0.3, 0.4) is 0 Å². The van der Waals surface area contributed by atoms with Crippen molar-refractivity contribution in [1.29, 1.82) is 0 Å². The first kappa shape index (κ1) is 15.3. The van der Waals surface area contributed by atoms with Gasteiger partial charge in [-0.2, -0.15) is 0 Å². The fourth-order valence-corrected chi connectivity index (χ4v) is 3.97. The third-order valence-electron chi connectivity index (χ3n) is 5.39. The number of piperidine rings is 1. The van der Waals surface area contributed by atoms with E-state index >= 15 is 0 Å². The maximum atomic E-state index is 10.6. The Morgan fingerprint density at radius 1 is 1.26 bits per heavy atom. The topological polar surface area (TPSA) is 26.7 Å². The van der Waals surface area contributed by atoms with Gasteiger partial charge in [0, 0.05) is 19.1 Å². The average molecular weight is 268 g/mol. The van der Waals surface area contributed by atoms with Gasteiger partial charge in [0.15, 0.2) is 0 Å². The molecule has 3 heteroatoms. The SMILES string of the molecule is CN1CCCC(N(C)CC2CCCC(C)(C)C2O)C1. The van der Waals surface area contributed by atoms with Crippen LogP contribution < -0.4 is 0 Å². The lowest BCUT2D eigenvalue weighted by Crippen LogP contribution is -2.50. The summed E-state index contributed by atoms with van der Waals surface area (Å²) in [7, 11) is 4.47. The Morgan fingerprint density at radius 2 is 2.00 bits per heavy atom. The molecule has 1 aliphatic heterocycles. The first-order chi connectivity index (χ1) is 8.90. The lowest BCUT2D eigenvalue weighted by Gasteiger charge is -2.44. The van der Waals surface area contributed by atoms with Crippen LogP contribution in [0.15, 0.2) is 0 Å². The van der Waals surface area contributed by atoms with Gasteiger partial charge in [0.2, 0.25) is 0 Å². The van der Waals surface area contributed by atoms with Gasteiger partial charge in [-0.3, -0.25) is 0 Å². The Balaban J connectivity index is 1.89. The zero-order chi connectivity index (χ0) is 14.0. The van der Waals surface area contributed by atoms with Gasteiger partial charge in [-0.05, 0) is 57.7 Å². The van der Waals surface area contributed by atoms with Crippen LogP contribution >= 0.6 is 0 Å². The second kappa shape index (κ2) is 6.11. The molecule has 19 heavy (non-hydrogen) atoms. The Hall–Kier alpha value is -0.120. The first-order valence-electron chi connectivity index (χ1n) is 7.97. The summed E-state index contributed by atoms with van der Waals surface area (Å²) in [6.45, 7) is 7.92. The standard InChI is InChI=1S/C16H32N2O/c1-16(2)9-5-7-13(15(16)19)11-18(4)14-8-6-10-17(3)12-14/h13-15,19H,5-12H2,1-4H3. The second-order valence-corrected chi connectivity index (χ2v) is 7.58. The molecule has 1 aliphatic carbocycles. The average Bonchev–Trinajstić information content (AvgIpc) is 2.35. The quantitative estimate of drug-likeness (QED) is 0.850. The smallest absolute Gasteiger partial charge is 0.0631 e. The maximum Gasteiger partial charge on any atom is 0.0631 e. The van der Waals surface area contributed by atoms with Gasteiger partial charge in [-0.15, -0.1) is 0 Å². The molecule has 0 spiro atoms. The maximum absolute atomic E-state index is 10.6. The Bertz CT molecular complexity index is 292. The van der Waals surface area contributed by atoms with Gasteiger partial charge < -0.3 is 14.9 Å². The number of aliphatic hydroxyl groups excluding tert-OH is 1. The van der Waals surface area contributed by atoms with E-state index < -0.39 is 0 Å².